The Hall–Kier alpha value is -5.99. The van der Waals surface area contributed by atoms with E-state index < -0.39 is 38.5 Å². The Bertz CT molecular complexity index is 3060. The number of nitro groups is 1. The first kappa shape index (κ1) is 44.0. The molecule has 2 aromatic heterocycles. The van der Waals surface area contributed by atoms with E-state index in [4.69, 9.17) is 29.7 Å². The number of benzene rings is 3. The van der Waals surface area contributed by atoms with Crippen molar-refractivity contribution < 1.29 is 37.1 Å². The van der Waals surface area contributed by atoms with Gasteiger partial charge in [-0.15, -0.1) is 0 Å². The van der Waals surface area contributed by atoms with Crippen LogP contribution in [0.1, 0.15) is 72.5 Å². The number of H-pyrrole nitrogens is 1. The van der Waals surface area contributed by atoms with Crippen LogP contribution in [-0.2, 0) is 19.3 Å². The number of pyridine rings is 1. The molecular formula is C51H57N9O9S. The van der Waals surface area contributed by atoms with Gasteiger partial charge in [0.15, 0.2) is 11.4 Å². The van der Waals surface area contributed by atoms with E-state index in [-0.39, 0.29) is 81.8 Å². The number of aromatic amines is 1. The number of nitro benzene ring substituents is 1. The van der Waals surface area contributed by atoms with Crippen LogP contribution in [0.4, 0.5) is 28.4 Å². The zero-order chi connectivity index (χ0) is 47.6. The van der Waals surface area contributed by atoms with Crippen molar-refractivity contribution in [1.29, 1.82) is 0 Å². The molecule has 5 saturated heterocycles. The third-order valence-electron chi connectivity index (χ3n) is 16.9. The lowest BCUT2D eigenvalue weighted by molar-refractivity contribution is -0.384. The van der Waals surface area contributed by atoms with E-state index in [1.165, 1.54) is 23.6 Å². The summed E-state index contributed by atoms with van der Waals surface area (Å²) >= 11 is 0. The van der Waals surface area contributed by atoms with Gasteiger partial charge in [0, 0.05) is 68.0 Å². The summed E-state index contributed by atoms with van der Waals surface area (Å²) in [6.45, 7) is 6.98. The second-order valence-corrected chi connectivity index (χ2v) is 22.7. The lowest BCUT2D eigenvalue weighted by Crippen LogP contribution is -2.55. The Balaban J connectivity index is 0.893. The maximum absolute atomic E-state index is 16.1. The monoisotopic (exact) mass is 971 g/mol. The molecule has 9 heterocycles. The summed E-state index contributed by atoms with van der Waals surface area (Å²) in [5, 5.41) is 17.1. The van der Waals surface area contributed by atoms with Crippen LogP contribution >= 0.6 is 0 Å². The standard InChI is InChI=1S/C51H57N9O9S/c1-29-5-2-3-6-36(29)38-7-4-14-58(38)33-21-51(22-33)11-15-56(16-12-51)39-9-8-37(48(52)61)46(59-41-17-30-10-13-53-49(30)55-50(41)69-44-28-66-27-42(44)59)47(39)70(64,65)35-19-40(60(62)63)45-43(20-35)68-25-31(54-45)23-57-24-34-18-32(57)26-67-34/h2-3,5-6,8-10,13,17,19-20,31-34,38,42,44,54H,4,7,11-12,14-16,18,21-28H2,1H3,(H2,52,61)(H,53,55)/t31-,32-,34-,38+,42-,44-/m1/s1. The predicted octanol–water partition coefficient (Wildman–Crippen LogP) is 6.24. The van der Waals surface area contributed by atoms with Gasteiger partial charge < -0.3 is 44.8 Å². The molecule has 19 heteroatoms. The number of nitrogens with two attached hydrogens (primary N) is 1. The van der Waals surface area contributed by atoms with Gasteiger partial charge in [-0.25, -0.2) is 8.42 Å². The molecule has 366 valence electrons. The quantitative estimate of drug-likeness (QED) is 0.104. The number of hydrogen-bond acceptors (Lipinski definition) is 15. The topological polar surface area (TPSA) is 211 Å². The maximum Gasteiger partial charge on any atom is 0.297 e. The molecule has 2 bridgehead atoms. The largest absolute Gasteiger partial charge is 0.489 e. The van der Waals surface area contributed by atoms with Crippen LogP contribution in [0.25, 0.3) is 11.0 Å². The average Bonchev–Trinajstić information content (AvgIpc) is 4.22. The van der Waals surface area contributed by atoms with Crippen LogP contribution in [0, 0.1) is 22.5 Å². The Labute approximate surface area is 405 Å². The number of anilines is 4. The summed E-state index contributed by atoms with van der Waals surface area (Å²) in [7, 11) is -4.76. The molecule has 13 rings (SSSR count). The molecule has 6 fully saturated rings. The van der Waals surface area contributed by atoms with Crippen molar-refractivity contribution in [1.82, 2.24) is 19.8 Å². The number of piperidine rings is 1. The number of rotatable bonds is 10. The molecule has 1 saturated carbocycles. The van der Waals surface area contributed by atoms with E-state index in [1.807, 2.05) is 12.1 Å². The van der Waals surface area contributed by atoms with Crippen molar-refractivity contribution in [3.05, 3.63) is 93.7 Å². The van der Waals surface area contributed by atoms with Crippen molar-refractivity contribution >= 4 is 55.2 Å². The second kappa shape index (κ2) is 16.5. The van der Waals surface area contributed by atoms with Crippen LogP contribution in [0.15, 0.2) is 76.7 Å². The lowest BCUT2D eigenvalue weighted by atomic mass is 9.59. The molecule has 6 atom stereocenters. The predicted molar refractivity (Wildman–Crippen MR) is 260 cm³/mol. The van der Waals surface area contributed by atoms with Crippen molar-refractivity contribution in [2.45, 2.75) is 104 Å². The van der Waals surface area contributed by atoms with Crippen LogP contribution in [0.2, 0.25) is 0 Å². The number of morpholine rings is 1. The number of fused-ring (bicyclic) bond motifs is 6. The molecule has 18 nitrogen and oxygen atoms in total. The minimum Gasteiger partial charge on any atom is -0.489 e. The van der Waals surface area contributed by atoms with Crippen molar-refractivity contribution in [3.63, 3.8) is 0 Å². The smallest absolute Gasteiger partial charge is 0.297 e. The zero-order valence-electron chi connectivity index (χ0n) is 39.0. The summed E-state index contributed by atoms with van der Waals surface area (Å²) in [6.07, 6.45) is 8.52. The average molecular weight is 972 g/mol. The van der Waals surface area contributed by atoms with Gasteiger partial charge in [-0.1, -0.05) is 24.3 Å². The molecule has 1 spiro atoms. The fourth-order valence-corrected chi connectivity index (χ4v) is 15.0. The van der Waals surface area contributed by atoms with E-state index in [0.717, 1.165) is 63.1 Å². The van der Waals surface area contributed by atoms with Gasteiger partial charge in [-0.3, -0.25) is 24.7 Å². The molecular weight excluding hydrogens is 915 g/mol. The van der Waals surface area contributed by atoms with Gasteiger partial charge in [-0.05, 0) is 99.2 Å². The highest BCUT2D eigenvalue weighted by Crippen LogP contribution is 2.56. The number of nitrogens with one attached hydrogen (secondary N) is 2. The molecule has 0 radical (unpaired) electrons. The number of primary amides is 1. The summed E-state index contributed by atoms with van der Waals surface area (Å²) in [5.74, 6) is -0.540. The van der Waals surface area contributed by atoms with Crippen molar-refractivity contribution in [3.8, 4) is 11.6 Å². The number of aryl methyl sites for hydroxylation is 1. The van der Waals surface area contributed by atoms with Crippen LogP contribution in [-0.4, -0.2) is 135 Å². The molecule has 70 heavy (non-hydrogen) atoms. The number of carbonyl (C=O) groups is 1. The van der Waals surface area contributed by atoms with E-state index >= 15 is 8.42 Å². The highest BCUT2D eigenvalue weighted by Gasteiger charge is 2.52. The number of hydrogen-bond donors (Lipinski definition) is 3. The number of carbonyl (C=O) groups excluding carboxylic acids is 1. The first-order chi connectivity index (χ1) is 33.9. The van der Waals surface area contributed by atoms with E-state index in [1.54, 1.807) is 23.2 Å². The van der Waals surface area contributed by atoms with Crippen LogP contribution < -0.4 is 30.3 Å². The summed E-state index contributed by atoms with van der Waals surface area (Å²) in [4.78, 5) is 42.7. The molecule has 1 amide bonds. The van der Waals surface area contributed by atoms with Crippen LogP contribution in [0.5, 0.6) is 11.6 Å². The first-order valence-electron chi connectivity index (χ1n) is 24.8. The number of sulfone groups is 1. The molecule has 3 aromatic carbocycles. The minimum atomic E-state index is -4.76. The summed E-state index contributed by atoms with van der Waals surface area (Å²) in [5.41, 5.74) is 10.2. The second-order valence-electron chi connectivity index (χ2n) is 20.9. The number of amides is 1. The minimum absolute atomic E-state index is 0.0339. The van der Waals surface area contributed by atoms with Crippen LogP contribution in [0.3, 0.4) is 0 Å². The van der Waals surface area contributed by atoms with E-state index in [2.05, 4.69) is 56.2 Å². The maximum atomic E-state index is 16.1. The number of aromatic nitrogens is 2. The number of likely N-dealkylation sites (tertiary alicyclic amines) is 2. The SMILES string of the molecule is Cc1ccccc1[C@@H]1CCCN1C1CC2(CCN(c3ccc(C(N)=O)c(N4c5cc6cc[nH]c6nc5O[C@@H]5COC[C@H]54)c3S(=O)(=O)c3cc4c(c([N+](=O)[O-])c3)N[C@H](CN3C[C@H]5C[C@@H]3CO5)CO4)CC2)C1. The molecule has 0 unspecified atom stereocenters. The van der Waals surface area contributed by atoms with Gasteiger partial charge >= 0.3 is 0 Å². The van der Waals surface area contributed by atoms with E-state index in [0.29, 0.717) is 55.3 Å². The lowest BCUT2D eigenvalue weighted by Gasteiger charge is -2.56. The van der Waals surface area contributed by atoms with Gasteiger partial charge in [0.1, 0.15) is 28.9 Å². The normalized spacial score (nSPS) is 27.2. The highest BCUT2D eigenvalue weighted by molar-refractivity contribution is 7.91. The highest BCUT2D eigenvalue weighted by atomic mass is 32.2. The van der Waals surface area contributed by atoms with Gasteiger partial charge in [0.2, 0.25) is 15.7 Å². The Kier molecular flexibility index (Phi) is 10.4. The zero-order valence-corrected chi connectivity index (χ0v) is 39.9. The Morgan fingerprint density at radius 1 is 1.00 bits per heavy atom. The van der Waals surface area contributed by atoms with Crippen molar-refractivity contribution in [2.75, 3.05) is 74.3 Å². The van der Waals surface area contributed by atoms with Gasteiger partial charge in [-0.2, -0.15) is 4.98 Å². The van der Waals surface area contributed by atoms with Gasteiger partial charge in [0.25, 0.3) is 11.6 Å². The summed E-state index contributed by atoms with van der Waals surface area (Å²) in [6, 6.07) is 18.5. The van der Waals surface area contributed by atoms with Gasteiger partial charge in [0.05, 0.1) is 64.8 Å². The third-order valence-corrected chi connectivity index (χ3v) is 18.6. The van der Waals surface area contributed by atoms with E-state index in [9.17, 15) is 14.9 Å². The first-order valence-corrected chi connectivity index (χ1v) is 26.3. The third kappa shape index (κ3) is 7.12. The Morgan fingerprint density at radius 3 is 2.61 bits per heavy atom. The fourth-order valence-electron chi connectivity index (χ4n) is 13.3. The Morgan fingerprint density at radius 2 is 1.84 bits per heavy atom. The molecule has 4 N–H and O–H groups in total. The fraction of sp³-hybridized carbons (Fsp3) is 0.490. The van der Waals surface area contributed by atoms with Crippen molar-refractivity contribution in [2.24, 2.45) is 11.1 Å². The molecule has 5 aromatic rings. The number of ether oxygens (including phenoxy) is 4. The molecule has 7 aliphatic heterocycles. The molecule has 1 aliphatic carbocycles. The number of nitrogens with zero attached hydrogens (tertiary/aromatic N) is 6. The molecule has 8 aliphatic rings. The summed E-state index contributed by atoms with van der Waals surface area (Å²) < 4.78 is 56.7.